The average Bonchev–Trinajstić information content (AvgIpc) is 1.84. The zero-order valence-electron chi connectivity index (χ0n) is 58.5. The van der Waals surface area contributed by atoms with E-state index in [2.05, 4.69) is 79.1 Å². The molecule has 580 valence electrons. The Morgan fingerprint density at radius 2 is 0.914 bits per heavy atom. The molecule has 105 heavy (non-hydrogen) atoms. The highest BCUT2D eigenvalue weighted by atomic mass is 16.5. The summed E-state index contributed by atoms with van der Waals surface area (Å²) in [4.78, 5) is 197. The van der Waals surface area contributed by atoms with Gasteiger partial charge in [-0.1, -0.05) is 60.7 Å². The van der Waals surface area contributed by atoms with Gasteiger partial charge in [0.2, 0.25) is 70.9 Å². The number of hydrogen-bond acceptors (Lipinski definition) is 21. The molecule has 0 saturated carbocycles. The number of carboxylic acids is 2. The van der Waals surface area contributed by atoms with Crippen molar-refractivity contribution >= 4 is 94.7 Å². The number of aliphatic carboxylic acids is 2. The summed E-state index contributed by atoms with van der Waals surface area (Å²) in [5.41, 5.74) is 28.5. The lowest BCUT2D eigenvalue weighted by Crippen LogP contribution is -2.58. The standard InChI is InChI=1S/C66H102N20O19/c67-24-30-105-32-31-104-29-23-51(88)78-45(56(95)73-26-10-8-18-44-60(99)82-42(20-12-28-75-66(70)71)58(97)77-38-53(90)80-49(36-55(93)94)64(103)86-47(62(101)84-44)34-40-15-5-2-6-16-40)21-22-50(87)72-25-9-7-17-43-59(98)81-41(19-11-27-74-65(68)69)57(96)76-37-52(89)79-48(35-54(91)92)63(102)85-46(61(100)83-43)33-39-13-3-1-4-14-39/h1-6,13-16,41-49,52,79,89H,7-12,17-38,67H2,(H,72,87)(H,73,95)(H,76,96)(H,77,97)(H,78,88)(H,80,90)(H,81,98)(H,82,99)(H,83,100)(H,84,101)(H,85,102)(H,86,103)(H,91,92)(H,93,94)(H4,68,69,74)(H4,70,71,75)/t41-,42-,43-,44?,45-,46+,47+,48-,49-,52+/m0/s1. The monoisotopic (exact) mass is 1480 g/mol. The van der Waals surface area contributed by atoms with Crippen LogP contribution in [0.2, 0.25) is 0 Å². The Kier molecular flexibility index (Phi) is 39.9. The smallest absolute Gasteiger partial charge is 0.305 e. The normalized spacial score (nSPS) is 21.2. The molecule has 2 aromatic rings. The zero-order chi connectivity index (χ0) is 77.1. The largest absolute Gasteiger partial charge is 0.481 e. The summed E-state index contributed by atoms with van der Waals surface area (Å²) in [5, 5.41) is 63.6. The molecule has 0 bridgehead atoms. The van der Waals surface area contributed by atoms with Crippen molar-refractivity contribution in [2.24, 2.45) is 38.7 Å². The predicted octanol–water partition coefficient (Wildman–Crippen LogP) is -7.32. The number of carbonyl (C=O) groups excluding carboxylic acids is 12. The minimum absolute atomic E-state index is 0.000292. The van der Waals surface area contributed by atoms with Gasteiger partial charge in [-0.25, -0.2) is 0 Å². The fourth-order valence-corrected chi connectivity index (χ4v) is 10.7. The topological polar surface area (TPSA) is 629 Å². The summed E-state index contributed by atoms with van der Waals surface area (Å²) in [7, 11) is 0. The Balaban J connectivity index is 1.51. The molecule has 2 heterocycles. The van der Waals surface area contributed by atoms with E-state index >= 15 is 0 Å². The van der Waals surface area contributed by atoms with E-state index in [1.54, 1.807) is 60.7 Å². The zero-order valence-corrected chi connectivity index (χ0v) is 58.5. The number of aliphatic hydroxyl groups excluding tert-OH is 1. The Labute approximate surface area is 606 Å². The number of aliphatic imine (C=N–C) groups is 2. The number of hydrogen-bond donors (Lipinski definition) is 21. The number of nitrogens with zero attached hydrogens (tertiary/aromatic N) is 2. The predicted molar refractivity (Wildman–Crippen MR) is 377 cm³/mol. The van der Waals surface area contributed by atoms with Crippen LogP contribution in [0.15, 0.2) is 70.6 Å². The van der Waals surface area contributed by atoms with E-state index in [-0.39, 0.29) is 154 Å². The van der Waals surface area contributed by atoms with Gasteiger partial charge in [-0.15, -0.1) is 0 Å². The molecule has 2 aliphatic heterocycles. The molecule has 39 nitrogen and oxygen atoms in total. The fourth-order valence-electron chi connectivity index (χ4n) is 10.7. The summed E-state index contributed by atoms with van der Waals surface area (Å²) in [6.45, 7) is -0.401. The first kappa shape index (κ1) is 86.8. The van der Waals surface area contributed by atoms with Crippen molar-refractivity contribution in [2.45, 2.75) is 170 Å². The van der Waals surface area contributed by atoms with Crippen LogP contribution < -0.4 is 97.8 Å². The Morgan fingerprint density at radius 1 is 0.486 bits per heavy atom. The number of ether oxygens (including phenoxy) is 2. The summed E-state index contributed by atoms with van der Waals surface area (Å²) in [6.07, 6.45) is -3.87. The summed E-state index contributed by atoms with van der Waals surface area (Å²) in [6, 6.07) is 3.97. The highest BCUT2D eigenvalue weighted by molar-refractivity contribution is 5.99. The van der Waals surface area contributed by atoms with Crippen LogP contribution in [-0.2, 0) is 89.4 Å². The van der Waals surface area contributed by atoms with E-state index in [9.17, 15) is 82.4 Å². The van der Waals surface area contributed by atoms with Crippen LogP contribution in [0.25, 0.3) is 0 Å². The third kappa shape index (κ3) is 35.9. The van der Waals surface area contributed by atoms with Gasteiger partial charge in [-0.2, -0.15) is 0 Å². The van der Waals surface area contributed by atoms with Gasteiger partial charge >= 0.3 is 11.9 Å². The third-order valence-electron chi connectivity index (χ3n) is 16.1. The highest BCUT2D eigenvalue weighted by Gasteiger charge is 2.36. The van der Waals surface area contributed by atoms with Gasteiger partial charge in [0.25, 0.3) is 0 Å². The lowest BCUT2D eigenvalue weighted by Gasteiger charge is -2.26. The second-order valence-electron chi connectivity index (χ2n) is 24.7. The minimum Gasteiger partial charge on any atom is -0.481 e. The molecule has 0 spiro atoms. The Bertz CT molecular complexity index is 3250. The second-order valence-corrected chi connectivity index (χ2v) is 24.7. The molecule has 0 radical (unpaired) electrons. The SMILES string of the molecule is NCCOCCOCCC(=O)N[C@@H](CCC(=O)NCCCC[C@@H]1NC(=O)[C@@H](Cc2ccccc2)NC(=O)[C@H](CC(=O)O)N[C@H](O)CNC(=O)[C@H](CCCN=C(N)N)NC1=O)C(=O)NCCCCC1NC(=O)[C@@H](Cc2ccccc2)NC(=O)[C@H](CC(=O)O)NC(=O)CNC(=O)[C@H](CCCN=C(N)N)NC1=O. The van der Waals surface area contributed by atoms with Gasteiger partial charge in [0, 0.05) is 58.4 Å². The minimum atomic E-state index is -1.71. The van der Waals surface area contributed by atoms with Crippen molar-refractivity contribution in [3.8, 4) is 0 Å². The molecule has 2 aromatic carbocycles. The lowest BCUT2D eigenvalue weighted by atomic mass is 10.0. The first-order chi connectivity index (χ1) is 50.2. The van der Waals surface area contributed by atoms with Crippen LogP contribution in [0.4, 0.5) is 0 Å². The van der Waals surface area contributed by atoms with Crippen molar-refractivity contribution in [3.63, 3.8) is 0 Å². The van der Waals surface area contributed by atoms with Gasteiger partial charge in [-0.3, -0.25) is 82.4 Å². The number of amides is 12. The second kappa shape index (κ2) is 48.3. The maximum atomic E-state index is 14.3. The third-order valence-corrected chi connectivity index (χ3v) is 16.1. The fraction of sp³-hybridized carbons (Fsp3) is 0.576. The van der Waals surface area contributed by atoms with Crippen LogP contribution in [0.3, 0.4) is 0 Å². The van der Waals surface area contributed by atoms with Crippen molar-refractivity contribution in [1.29, 1.82) is 0 Å². The molecule has 2 saturated heterocycles. The molecule has 0 aliphatic carbocycles. The van der Waals surface area contributed by atoms with Crippen LogP contribution in [0.1, 0.15) is 107 Å². The van der Waals surface area contributed by atoms with Gasteiger partial charge in [0.15, 0.2) is 11.9 Å². The number of carbonyl (C=O) groups is 14. The van der Waals surface area contributed by atoms with E-state index < -0.39 is 169 Å². The number of rotatable bonds is 39. The molecular weight excluding hydrogens is 1380 g/mol. The molecule has 2 aliphatic rings. The molecule has 10 atom stereocenters. The quantitative estimate of drug-likeness (QED) is 0.0168. The number of β-amino-alcohol motifs (C(OH)–C–C–N with tert-alkyl or cyclic N) is 1. The van der Waals surface area contributed by atoms with E-state index in [4.69, 9.17) is 38.1 Å². The molecule has 0 aromatic heterocycles. The maximum absolute atomic E-state index is 14.3. The lowest BCUT2D eigenvalue weighted by molar-refractivity contribution is -0.141. The molecule has 1 unspecified atom stereocenters. The van der Waals surface area contributed by atoms with Crippen LogP contribution in [-0.4, -0.2) is 243 Å². The maximum Gasteiger partial charge on any atom is 0.305 e. The molecular formula is C66H102N20O19. The van der Waals surface area contributed by atoms with Crippen molar-refractivity contribution in [1.82, 2.24) is 69.1 Å². The molecule has 39 heteroatoms. The van der Waals surface area contributed by atoms with Gasteiger partial charge in [-0.05, 0) is 81.8 Å². The van der Waals surface area contributed by atoms with Crippen LogP contribution in [0.5, 0.6) is 0 Å². The van der Waals surface area contributed by atoms with E-state index in [0.717, 1.165) is 0 Å². The number of nitrogens with one attached hydrogen (secondary N) is 13. The summed E-state index contributed by atoms with van der Waals surface area (Å²) in [5.74, 6) is -13.3. The molecule has 26 N–H and O–H groups in total. The van der Waals surface area contributed by atoms with Gasteiger partial charge in [0.05, 0.1) is 58.4 Å². The van der Waals surface area contributed by atoms with E-state index in [0.29, 0.717) is 24.3 Å². The first-order valence-corrected chi connectivity index (χ1v) is 34.6. The van der Waals surface area contributed by atoms with Crippen molar-refractivity contribution in [2.75, 3.05) is 72.2 Å². The van der Waals surface area contributed by atoms with Gasteiger partial charge < -0.3 is 117 Å². The van der Waals surface area contributed by atoms with Crippen LogP contribution >= 0.6 is 0 Å². The van der Waals surface area contributed by atoms with Crippen molar-refractivity contribution < 1.29 is 91.9 Å². The first-order valence-electron chi connectivity index (χ1n) is 34.6. The number of guanidine groups is 2. The van der Waals surface area contributed by atoms with E-state index in [1.165, 1.54) is 0 Å². The molecule has 4 rings (SSSR count). The van der Waals surface area contributed by atoms with Crippen LogP contribution in [0, 0.1) is 0 Å². The number of nitrogens with two attached hydrogens (primary N) is 5. The van der Waals surface area contributed by atoms with Crippen molar-refractivity contribution in [3.05, 3.63) is 71.8 Å². The Hall–Kier alpha value is -10.6. The average molecular weight is 1480 g/mol. The number of benzene rings is 2. The van der Waals surface area contributed by atoms with Gasteiger partial charge in [0.1, 0.15) is 54.6 Å². The molecule has 12 amide bonds. The molecule has 2 fully saturated rings. The number of aliphatic hydroxyl groups is 1. The number of unbranched alkanes of at least 4 members (excludes halogenated alkanes) is 2. The summed E-state index contributed by atoms with van der Waals surface area (Å²) < 4.78 is 10.8. The summed E-state index contributed by atoms with van der Waals surface area (Å²) >= 11 is 0. The number of carboxylic acid groups (broad SMARTS) is 2. The Morgan fingerprint density at radius 3 is 1.41 bits per heavy atom. The van der Waals surface area contributed by atoms with E-state index in [1.807, 2.05) is 0 Å². The highest BCUT2D eigenvalue weighted by Crippen LogP contribution is 2.13.